The van der Waals surface area contributed by atoms with Gasteiger partial charge in [-0.25, -0.2) is 8.42 Å². The van der Waals surface area contributed by atoms with Gasteiger partial charge in [0.25, 0.3) is 0 Å². The van der Waals surface area contributed by atoms with Crippen LogP contribution in [0.15, 0.2) is 78.9 Å². The molecule has 8 heteroatoms. The fraction of sp³-hybridized carbons (Fsp3) is 0.412. The Bertz CT molecular complexity index is 1450. The summed E-state index contributed by atoms with van der Waals surface area (Å²) in [6.45, 7) is 11.9. The molecule has 42 heavy (non-hydrogen) atoms. The van der Waals surface area contributed by atoms with E-state index in [-0.39, 0.29) is 23.9 Å². The number of aryl methyl sites for hydroxylation is 1. The first-order valence-electron chi connectivity index (χ1n) is 14.5. The van der Waals surface area contributed by atoms with Crippen molar-refractivity contribution in [1.29, 1.82) is 0 Å². The number of sulfonamides is 1. The fourth-order valence-electron chi connectivity index (χ4n) is 4.74. The Balaban J connectivity index is 2.06. The summed E-state index contributed by atoms with van der Waals surface area (Å²) in [6, 6.07) is 23.7. The molecule has 0 aliphatic carbocycles. The molecule has 0 aromatic heterocycles. The van der Waals surface area contributed by atoms with Gasteiger partial charge >= 0.3 is 0 Å². The largest absolute Gasteiger partial charge is 0.352 e. The number of amides is 2. The van der Waals surface area contributed by atoms with Gasteiger partial charge in [0.05, 0.1) is 11.9 Å². The predicted octanol–water partition coefficient (Wildman–Crippen LogP) is 5.61. The van der Waals surface area contributed by atoms with Crippen LogP contribution in [0.4, 0.5) is 5.69 Å². The van der Waals surface area contributed by atoms with E-state index in [9.17, 15) is 18.0 Å². The van der Waals surface area contributed by atoms with Gasteiger partial charge in [-0.05, 0) is 54.5 Å². The highest BCUT2D eigenvalue weighted by atomic mass is 32.2. The number of hydrogen-bond donors (Lipinski definition) is 1. The first kappa shape index (κ1) is 32.9. The van der Waals surface area contributed by atoms with Gasteiger partial charge in [-0.2, -0.15) is 0 Å². The summed E-state index contributed by atoms with van der Waals surface area (Å²) in [5, 5.41) is 3.05. The Morgan fingerprint density at radius 3 is 2.07 bits per heavy atom. The van der Waals surface area contributed by atoms with Gasteiger partial charge in [0.1, 0.15) is 12.6 Å². The number of benzene rings is 3. The summed E-state index contributed by atoms with van der Waals surface area (Å²) in [6.07, 6.45) is 2.13. The summed E-state index contributed by atoms with van der Waals surface area (Å²) in [7, 11) is -3.82. The zero-order valence-corrected chi connectivity index (χ0v) is 26.7. The molecule has 0 unspecified atom stereocenters. The van der Waals surface area contributed by atoms with E-state index in [1.807, 2.05) is 87.5 Å². The minimum atomic E-state index is -3.82. The van der Waals surface area contributed by atoms with E-state index in [0.29, 0.717) is 12.1 Å². The van der Waals surface area contributed by atoms with Crippen LogP contribution in [0.25, 0.3) is 0 Å². The zero-order chi connectivity index (χ0) is 31.1. The van der Waals surface area contributed by atoms with Crippen LogP contribution in [0, 0.1) is 6.92 Å². The van der Waals surface area contributed by atoms with E-state index in [2.05, 4.69) is 26.1 Å². The molecule has 3 aromatic carbocycles. The Morgan fingerprint density at radius 1 is 0.905 bits per heavy atom. The molecule has 2 atom stereocenters. The molecular formula is C34H45N3O4S. The highest BCUT2D eigenvalue weighted by Crippen LogP contribution is 2.26. The van der Waals surface area contributed by atoms with Crippen LogP contribution < -0.4 is 9.62 Å². The molecule has 0 saturated heterocycles. The Kier molecular flexibility index (Phi) is 11.0. The van der Waals surface area contributed by atoms with E-state index >= 15 is 0 Å². The summed E-state index contributed by atoms with van der Waals surface area (Å²) in [5.74, 6) is -0.725. The maximum absolute atomic E-state index is 14.2. The van der Waals surface area contributed by atoms with Crippen molar-refractivity contribution in [3.63, 3.8) is 0 Å². The van der Waals surface area contributed by atoms with Gasteiger partial charge in [-0.1, -0.05) is 100.0 Å². The molecule has 2 amide bonds. The van der Waals surface area contributed by atoms with Crippen LogP contribution in [0.1, 0.15) is 63.3 Å². The van der Waals surface area contributed by atoms with E-state index in [1.165, 1.54) is 4.90 Å². The number of hydrogen-bond acceptors (Lipinski definition) is 4. The number of nitrogens with zero attached hydrogens (tertiary/aromatic N) is 2. The van der Waals surface area contributed by atoms with Crippen LogP contribution >= 0.6 is 0 Å². The highest BCUT2D eigenvalue weighted by Gasteiger charge is 2.33. The molecule has 1 N–H and O–H groups in total. The molecule has 0 spiro atoms. The summed E-state index contributed by atoms with van der Waals surface area (Å²) >= 11 is 0. The van der Waals surface area contributed by atoms with Gasteiger partial charge in [0, 0.05) is 19.0 Å². The van der Waals surface area contributed by atoms with Gasteiger partial charge in [0.2, 0.25) is 21.8 Å². The van der Waals surface area contributed by atoms with Crippen LogP contribution in [0.2, 0.25) is 0 Å². The summed E-state index contributed by atoms with van der Waals surface area (Å²) in [5.41, 5.74) is 4.14. The quantitative estimate of drug-likeness (QED) is 0.297. The molecule has 226 valence electrons. The van der Waals surface area contributed by atoms with E-state index < -0.39 is 28.5 Å². The molecule has 0 radical (unpaired) electrons. The number of rotatable bonds is 12. The minimum absolute atomic E-state index is 0.0828. The molecular weight excluding hydrogens is 546 g/mol. The van der Waals surface area contributed by atoms with Crippen LogP contribution in [0.3, 0.4) is 0 Å². The summed E-state index contributed by atoms with van der Waals surface area (Å²) in [4.78, 5) is 29.5. The lowest BCUT2D eigenvalue weighted by Gasteiger charge is -2.34. The highest BCUT2D eigenvalue weighted by molar-refractivity contribution is 7.92. The van der Waals surface area contributed by atoms with Gasteiger partial charge in [-0.15, -0.1) is 0 Å². The first-order valence-corrected chi connectivity index (χ1v) is 16.3. The molecule has 3 aromatic rings. The second kappa shape index (κ2) is 14.0. The molecule has 0 aliphatic rings. The van der Waals surface area contributed by atoms with Gasteiger partial charge < -0.3 is 10.2 Å². The third kappa shape index (κ3) is 9.18. The fourth-order valence-corrected chi connectivity index (χ4v) is 5.59. The number of nitrogens with one attached hydrogen (secondary N) is 1. The van der Waals surface area contributed by atoms with Crippen molar-refractivity contribution < 1.29 is 18.0 Å². The summed E-state index contributed by atoms with van der Waals surface area (Å²) < 4.78 is 27.2. The van der Waals surface area contributed by atoms with Crippen molar-refractivity contribution in [2.75, 3.05) is 17.1 Å². The maximum Gasteiger partial charge on any atom is 0.244 e. The van der Waals surface area contributed by atoms with Crippen molar-refractivity contribution in [2.45, 2.75) is 78.4 Å². The topological polar surface area (TPSA) is 86.8 Å². The number of carbonyl (C=O) groups excluding carboxylic acids is 2. The Hall–Kier alpha value is -3.65. The SMILES string of the molecule is CC[C@@H](C)NC(=O)[C@@H](Cc1ccccc1)N(Cc1cccc(C)c1)C(=O)CN(c1ccc(C(C)(C)C)cc1)S(C)(=O)=O. The molecule has 3 rings (SSSR count). The van der Waals surface area contributed by atoms with E-state index in [1.54, 1.807) is 12.1 Å². The smallest absolute Gasteiger partial charge is 0.244 e. The number of carbonyl (C=O) groups is 2. The third-order valence-corrected chi connectivity index (χ3v) is 8.55. The monoisotopic (exact) mass is 591 g/mol. The van der Waals surface area contributed by atoms with Crippen LogP contribution in [-0.4, -0.2) is 50.0 Å². The van der Waals surface area contributed by atoms with Crippen molar-refractivity contribution in [3.05, 3.63) is 101 Å². The molecule has 0 fully saturated rings. The van der Waals surface area contributed by atoms with Crippen LogP contribution in [-0.2, 0) is 38.0 Å². The molecule has 0 heterocycles. The lowest BCUT2D eigenvalue weighted by Crippen LogP contribution is -2.54. The van der Waals surface area contributed by atoms with Crippen molar-refractivity contribution in [3.8, 4) is 0 Å². The second-order valence-electron chi connectivity index (χ2n) is 12.1. The minimum Gasteiger partial charge on any atom is -0.352 e. The van der Waals surface area contributed by atoms with E-state index in [4.69, 9.17) is 0 Å². The first-order chi connectivity index (χ1) is 19.7. The molecule has 0 aliphatic heterocycles. The van der Waals surface area contributed by atoms with Crippen molar-refractivity contribution >= 4 is 27.5 Å². The normalized spacial score (nSPS) is 13.2. The number of anilines is 1. The average Bonchev–Trinajstić information content (AvgIpc) is 2.93. The molecule has 0 bridgehead atoms. The maximum atomic E-state index is 14.2. The van der Waals surface area contributed by atoms with Crippen molar-refractivity contribution in [2.24, 2.45) is 0 Å². The molecule has 0 saturated carbocycles. The standard InChI is InChI=1S/C34H45N3O4S/c1-8-26(3)35-33(39)31(22-27-14-10-9-11-15-27)36(23-28-16-12-13-25(2)21-28)32(38)24-37(42(7,40)41)30-19-17-29(18-20-30)34(4,5)6/h9-21,26,31H,8,22-24H2,1-7H3,(H,35,39)/t26-,31-/m1/s1. The lowest BCUT2D eigenvalue weighted by molar-refractivity contribution is -0.140. The van der Waals surface area contributed by atoms with Gasteiger partial charge in [-0.3, -0.25) is 13.9 Å². The second-order valence-corrected chi connectivity index (χ2v) is 14.0. The Labute approximate surface area is 252 Å². The molecule has 7 nitrogen and oxygen atoms in total. The Morgan fingerprint density at radius 2 is 1.52 bits per heavy atom. The predicted molar refractivity (Wildman–Crippen MR) is 171 cm³/mol. The van der Waals surface area contributed by atoms with Crippen molar-refractivity contribution in [1.82, 2.24) is 10.2 Å². The lowest BCUT2D eigenvalue weighted by atomic mass is 9.87. The average molecular weight is 592 g/mol. The van der Waals surface area contributed by atoms with Gasteiger partial charge in [0.15, 0.2) is 0 Å². The zero-order valence-electron chi connectivity index (χ0n) is 25.9. The third-order valence-electron chi connectivity index (χ3n) is 7.41. The van der Waals surface area contributed by atoms with Crippen LogP contribution in [0.5, 0.6) is 0 Å². The van der Waals surface area contributed by atoms with E-state index in [0.717, 1.165) is 39.2 Å².